The molecule has 1 amide bonds. The highest BCUT2D eigenvalue weighted by Gasteiger charge is 2.26. The fraction of sp³-hybridized carbons (Fsp3) is 0.120. The van der Waals surface area contributed by atoms with Gasteiger partial charge in [-0.15, -0.1) is 0 Å². The molecule has 5 nitrogen and oxygen atoms in total. The van der Waals surface area contributed by atoms with Gasteiger partial charge >= 0.3 is 5.97 Å². The first-order chi connectivity index (χ1) is 15.3. The van der Waals surface area contributed by atoms with Gasteiger partial charge in [0.05, 0.1) is 0 Å². The summed E-state index contributed by atoms with van der Waals surface area (Å²) in [6, 6.07) is 18.6. The van der Waals surface area contributed by atoms with Crippen LogP contribution in [0.2, 0.25) is 0 Å². The second-order valence-corrected chi connectivity index (χ2v) is 7.56. The van der Waals surface area contributed by atoms with Gasteiger partial charge in [-0.1, -0.05) is 54.1 Å². The molecule has 1 heterocycles. The summed E-state index contributed by atoms with van der Waals surface area (Å²) in [7, 11) is 0. The highest BCUT2D eigenvalue weighted by molar-refractivity contribution is 6.10. The number of aryl methyl sites for hydroxylation is 1. The highest BCUT2D eigenvalue weighted by Crippen LogP contribution is 2.34. The molecule has 0 aliphatic rings. The molecule has 0 spiro atoms. The zero-order valence-electron chi connectivity index (χ0n) is 17.2. The summed E-state index contributed by atoms with van der Waals surface area (Å²) in [6.07, 6.45) is 0. The standard InChI is InChI=1S/C25H20F2N2O3/c1-15-10-11-20-18(12-15)22(16-6-3-2-4-7-16)24(28-20)25(32)29(14-21(30)31)13-17-8-5-9-19(26)23(17)27/h2-12,28H,13-14H2,1H3,(H,30,31). The van der Waals surface area contributed by atoms with E-state index in [1.807, 2.05) is 55.5 Å². The number of benzene rings is 3. The molecule has 4 aromatic rings. The number of carboxylic acids is 1. The SMILES string of the molecule is Cc1ccc2[nH]c(C(=O)N(CC(=O)O)Cc3cccc(F)c3F)c(-c3ccccc3)c2c1. The molecule has 4 rings (SSSR count). The molecule has 0 fully saturated rings. The van der Waals surface area contributed by atoms with Crippen molar-refractivity contribution in [3.05, 3.63) is 95.2 Å². The Morgan fingerprint density at radius 3 is 2.47 bits per heavy atom. The smallest absolute Gasteiger partial charge is 0.323 e. The van der Waals surface area contributed by atoms with Crippen molar-refractivity contribution in [3.63, 3.8) is 0 Å². The lowest BCUT2D eigenvalue weighted by atomic mass is 10.00. The van der Waals surface area contributed by atoms with Crippen LogP contribution in [0, 0.1) is 18.6 Å². The molecule has 0 aliphatic carbocycles. The minimum absolute atomic E-state index is 0.104. The topological polar surface area (TPSA) is 73.4 Å². The van der Waals surface area contributed by atoms with Crippen molar-refractivity contribution in [3.8, 4) is 11.1 Å². The van der Waals surface area contributed by atoms with Crippen LogP contribution in [0.25, 0.3) is 22.0 Å². The van der Waals surface area contributed by atoms with Crippen molar-refractivity contribution in [2.45, 2.75) is 13.5 Å². The fourth-order valence-corrected chi connectivity index (χ4v) is 3.77. The summed E-state index contributed by atoms with van der Waals surface area (Å²) in [5.74, 6) is -4.05. The van der Waals surface area contributed by atoms with Gasteiger partial charge < -0.3 is 15.0 Å². The van der Waals surface area contributed by atoms with Gasteiger partial charge in [0.2, 0.25) is 0 Å². The zero-order chi connectivity index (χ0) is 22.8. The summed E-state index contributed by atoms with van der Waals surface area (Å²) in [5, 5.41) is 10.2. The Balaban J connectivity index is 1.84. The van der Waals surface area contributed by atoms with Crippen LogP contribution >= 0.6 is 0 Å². The van der Waals surface area contributed by atoms with Crippen LogP contribution in [-0.4, -0.2) is 33.4 Å². The number of rotatable bonds is 6. The molecule has 3 aromatic carbocycles. The Morgan fingerprint density at radius 1 is 1.00 bits per heavy atom. The number of nitrogens with one attached hydrogen (secondary N) is 1. The summed E-state index contributed by atoms with van der Waals surface area (Å²) in [4.78, 5) is 29.1. The van der Waals surface area contributed by atoms with E-state index in [1.54, 1.807) is 0 Å². The molecule has 0 bridgehead atoms. The van der Waals surface area contributed by atoms with Crippen LogP contribution < -0.4 is 0 Å². The number of carbonyl (C=O) groups is 2. The maximum atomic E-state index is 14.3. The van der Waals surface area contributed by atoms with Crippen LogP contribution in [0.5, 0.6) is 0 Å². The molecule has 0 saturated heterocycles. The number of hydrogen-bond donors (Lipinski definition) is 2. The Hall–Kier alpha value is -4.00. The fourth-order valence-electron chi connectivity index (χ4n) is 3.77. The number of fused-ring (bicyclic) bond motifs is 1. The normalized spacial score (nSPS) is 11.0. The molecular formula is C25H20F2N2O3. The minimum Gasteiger partial charge on any atom is -0.480 e. The third kappa shape index (κ3) is 4.09. The molecule has 1 aromatic heterocycles. The molecule has 0 saturated carbocycles. The van der Waals surface area contributed by atoms with E-state index in [9.17, 15) is 23.5 Å². The summed E-state index contributed by atoms with van der Waals surface area (Å²) >= 11 is 0. The van der Waals surface area contributed by atoms with Crippen molar-refractivity contribution < 1.29 is 23.5 Å². The summed E-state index contributed by atoms with van der Waals surface area (Å²) in [6.45, 7) is 0.876. The molecule has 162 valence electrons. The number of amides is 1. The molecular weight excluding hydrogens is 414 g/mol. The lowest BCUT2D eigenvalue weighted by Gasteiger charge is -2.21. The van der Waals surface area contributed by atoms with Gasteiger partial charge in [0.1, 0.15) is 12.2 Å². The molecule has 32 heavy (non-hydrogen) atoms. The van der Waals surface area contributed by atoms with E-state index < -0.39 is 36.6 Å². The monoisotopic (exact) mass is 434 g/mol. The lowest BCUT2D eigenvalue weighted by Crippen LogP contribution is -2.36. The van der Waals surface area contributed by atoms with E-state index in [0.717, 1.165) is 27.5 Å². The molecule has 7 heteroatoms. The number of nitrogens with zero attached hydrogens (tertiary/aromatic N) is 1. The summed E-state index contributed by atoms with van der Waals surface area (Å²) in [5.41, 5.74) is 3.20. The predicted molar refractivity (Wildman–Crippen MR) is 117 cm³/mol. The minimum atomic E-state index is -1.26. The Bertz CT molecular complexity index is 1320. The number of halogens is 2. The van der Waals surface area contributed by atoms with E-state index in [4.69, 9.17) is 0 Å². The number of aromatic nitrogens is 1. The van der Waals surface area contributed by atoms with Crippen molar-refractivity contribution in [2.24, 2.45) is 0 Å². The van der Waals surface area contributed by atoms with Gasteiger partial charge in [0.25, 0.3) is 5.91 Å². The van der Waals surface area contributed by atoms with E-state index in [0.29, 0.717) is 11.1 Å². The Kier molecular flexibility index (Phi) is 5.73. The third-order valence-electron chi connectivity index (χ3n) is 5.24. The quantitative estimate of drug-likeness (QED) is 0.441. The zero-order valence-corrected chi connectivity index (χ0v) is 17.2. The van der Waals surface area contributed by atoms with Crippen molar-refractivity contribution in [1.29, 1.82) is 0 Å². The number of H-pyrrole nitrogens is 1. The largest absolute Gasteiger partial charge is 0.480 e. The molecule has 0 radical (unpaired) electrons. The number of hydrogen-bond acceptors (Lipinski definition) is 2. The van der Waals surface area contributed by atoms with Gasteiger partial charge in [-0.25, -0.2) is 8.78 Å². The second-order valence-electron chi connectivity index (χ2n) is 7.56. The van der Waals surface area contributed by atoms with Crippen molar-refractivity contribution >= 4 is 22.8 Å². The van der Waals surface area contributed by atoms with E-state index >= 15 is 0 Å². The average molecular weight is 434 g/mol. The third-order valence-corrected chi connectivity index (χ3v) is 5.24. The number of aromatic amines is 1. The molecule has 2 N–H and O–H groups in total. The van der Waals surface area contributed by atoms with Gasteiger partial charge in [0, 0.05) is 28.6 Å². The number of aliphatic carboxylic acids is 1. The average Bonchev–Trinajstić information content (AvgIpc) is 3.14. The maximum Gasteiger partial charge on any atom is 0.323 e. The first-order valence-electron chi connectivity index (χ1n) is 9.97. The van der Waals surface area contributed by atoms with Crippen molar-refractivity contribution in [2.75, 3.05) is 6.54 Å². The van der Waals surface area contributed by atoms with E-state index in [1.165, 1.54) is 12.1 Å². The first kappa shape index (κ1) is 21.2. The van der Waals surface area contributed by atoms with Crippen LogP contribution in [-0.2, 0) is 11.3 Å². The predicted octanol–water partition coefficient (Wildman–Crippen LogP) is 5.15. The number of carboxylic acid groups (broad SMARTS) is 1. The molecule has 0 aliphatic heterocycles. The van der Waals surface area contributed by atoms with Crippen LogP contribution in [0.1, 0.15) is 21.6 Å². The second kappa shape index (κ2) is 8.63. The molecule has 0 atom stereocenters. The number of carbonyl (C=O) groups excluding carboxylic acids is 1. The Labute approximate surface area is 182 Å². The van der Waals surface area contributed by atoms with Crippen molar-refractivity contribution in [1.82, 2.24) is 9.88 Å². The van der Waals surface area contributed by atoms with E-state index in [-0.39, 0.29) is 11.3 Å². The van der Waals surface area contributed by atoms with Crippen LogP contribution in [0.3, 0.4) is 0 Å². The highest BCUT2D eigenvalue weighted by atomic mass is 19.2. The van der Waals surface area contributed by atoms with Crippen LogP contribution in [0.4, 0.5) is 8.78 Å². The van der Waals surface area contributed by atoms with Gasteiger partial charge in [0.15, 0.2) is 11.6 Å². The lowest BCUT2D eigenvalue weighted by molar-refractivity contribution is -0.137. The maximum absolute atomic E-state index is 14.3. The summed E-state index contributed by atoms with van der Waals surface area (Å²) < 4.78 is 27.9. The van der Waals surface area contributed by atoms with Gasteiger partial charge in [-0.2, -0.15) is 0 Å². The first-order valence-corrected chi connectivity index (χ1v) is 9.97. The molecule has 0 unspecified atom stereocenters. The van der Waals surface area contributed by atoms with E-state index in [2.05, 4.69) is 4.98 Å². The van der Waals surface area contributed by atoms with Crippen LogP contribution in [0.15, 0.2) is 66.7 Å². The van der Waals surface area contributed by atoms with Gasteiger partial charge in [-0.3, -0.25) is 9.59 Å². The Morgan fingerprint density at radius 2 is 1.75 bits per heavy atom. The van der Waals surface area contributed by atoms with Gasteiger partial charge in [-0.05, 0) is 30.7 Å².